The lowest BCUT2D eigenvalue weighted by atomic mass is 10.1. The Bertz CT molecular complexity index is 683. The Balaban J connectivity index is 0.00000106. The second-order valence-electron chi connectivity index (χ2n) is 4.51. The highest BCUT2D eigenvalue weighted by Gasteiger charge is 2.03. The number of aromatic amines is 1. The lowest BCUT2D eigenvalue weighted by molar-refractivity contribution is 0.778. The molecule has 5 nitrogen and oxygen atoms in total. The Morgan fingerprint density at radius 1 is 1.19 bits per heavy atom. The van der Waals surface area contributed by atoms with Crippen LogP contribution in [0, 0.1) is 6.92 Å². The average Bonchev–Trinajstić information content (AvgIpc) is 2.48. The maximum absolute atomic E-state index is 11.5. The summed E-state index contributed by atoms with van der Waals surface area (Å²) >= 11 is 0. The summed E-state index contributed by atoms with van der Waals surface area (Å²) < 4.78 is 1.03. The van der Waals surface area contributed by atoms with E-state index in [0.717, 1.165) is 16.7 Å². The van der Waals surface area contributed by atoms with Gasteiger partial charge in [-0.15, -0.1) is 0 Å². The second-order valence-corrected chi connectivity index (χ2v) is 4.51. The van der Waals surface area contributed by atoms with Crippen molar-refractivity contribution in [3.63, 3.8) is 0 Å². The maximum atomic E-state index is 11.5. The van der Waals surface area contributed by atoms with Crippen molar-refractivity contribution in [1.29, 1.82) is 0 Å². The molecular formula is C16H23N3O2. The summed E-state index contributed by atoms with van der Waals surface area (Å²) in [5, 5.41) is 3.05. The van der Waals surface area contributed by atoms with E-state index in [1.807, 2.05) is 32.0 Å². The Morgan fingerprint density at radius 2 is 1.86 bits per heavy atom. The molecule has 5 heteroatoms. The number of hydrogen-bond donors (Lipinski definition) is 2. The van der Waals surface area contributed by atoms with Crippen LogP contribution in [0.2, 0.25) is 0 Å². The van der Waals surface area contributed by atoms with Crippen LogP contribution >= 0.6 is 0 Å². The molecule has 1 aromatic carbocycles. The third-order valence-electron chi connectivity index (χ3n) is 3.15. The number of anilines is 2. The molecule has 21 heavy (non-hydrogen) atoms. The van der Waals surface area contributed by atoms with Crippen LogP contribution in [0.5, 0.6) is 0 Å². The number of aromatic nitrogens is 2. The van der Waals surface area contributed by atoms with Gasteiger partial charge >= 0.3 is 5.69 Å². The average molecular weight is 289 g/mol. The summed E-state index contributed by atoms with van der Waals surface area (Å²) in [5.41, 5.74) is 2.54. The molecule has 2 rings (SSSR count). The van der Waals surface area contributed by atoms with Gasteiger partial charge in [-0.25, -0.2) is 4.79 Å². The van der Waals surface area contributed by atoms with Gasteiger partial charge in [0, 0.05) is 18.8 Å². The van der Waals surface area contributed by atoms with Gasteiger partial charge in [0.15, 0.2) is 0 Å². The molecule has 0 amide bonds. The van der Waals surface area contributed by atoms with Crippen LogP contribution in [0.25, 0.3) is 0 Å². The number of nitrogens with zero attached hydrogens (tertiary/aromatic N) is 1. The molecule has 0 unspecified atom stereocenters. The molecule has 114 valence electrons. The number of nitrogens with one attached hydrogen (secondary N) is 2. The molecule has 0 fully saturated rings. The van der Waals surface area contributed by atoms with Gasteiger partial charge in [-0.3, -0.25) is 14.3 Å². The van der Waals surface area contributed by atoms with Crippen molar-refractivity contribution in [3.05, 3.63) is 56.2 Å². The first-order valence-electron chi connectivity index (χ1n) is 7.18. The van der Waals surface area contributed by atoms with Crippen molar-refractivity contribution in [2.45, 2.75) is 34.1 Å². The van der Waals surface area contributed by atoms with Crippen molar-refractivity contribution in [2.24, 2.45) is 7.05 Å². The van der Waals surface area contributed by atoms with Crippen LogP contribution in [-0.2, 0) is 13.5 Å². The molecule has 0 saturated heterocycles. The molecule has 0 aliphatic heterocycles. The first kappa shape index (κ1) is 16.8. The van der Waals surface area contributed by atoms with E-state index < -0.39 is 5.69 Å². The molecule has 0 radical (unpaired) electrons. The minimum absolute atomic E-state index is 0.339. The fourth-order valence-electron chi connectivity index (χ4n) is 1.91. The maximum Gasteiger partial charge on any atom is 0.329 e. The summed E-state index contributed by atoms with van der Waals surface area (Å²) in [6.07, 6.45) is 0.939. The Hall–Kier alpha value is -2.30. The highest BCUT2D eigenvalue weighted by molar-refractivity contribution is 5.57. The zero-order valence-electron chi connectivity index (χ0n) is 13.3. The Labute approximate surface area is 124 Å². The van der Waals surface area contributed by atoms with Crippen molar-refractivity contribution >= 4 is 11.5 Å². The van der Waals surface area contributed by atoms with Gasteiger partial charge in [-0.1, -0.05) is 26.8 Å². The molecule has 0 atom stereocenters. The van der Waals surface area contributed by atoms with Gasteiger partial charge in [-0.2, -0.15) is 0 Å². The van der Waals surface area contributed by atoms with E-state index in [1.165, 1.54) is 24.2 Å². The van der Waals surface area contributed by atoms with E-state index >= 15 is 0 Å². The monoisotopic (exact) mass is 289 g/mol. The predicted molar refractivity (Wildman–Crippen MR) is 87.5 cm³/mol. The number of rotatable bonds is 3. The standard InChI is InChI=1S/C14H17N3O2.C2H6/c1-4-10-7-11(6-5-9(10)2)15-12-8-13(18)17(3)14(19)16-12;1-2/h5-8,15H,4H2,1-3H3,(H,16,19);1-2H3. The zero-order valence-corrected chi connectivity index (χ0v) is 13.3. The van der Waals surface area contributed by atoms with Crippen LogP contribution in [0.4, 0.5) is 11.5 Å². The smallest absolute Gasteiger partial charge is 0.329 e. The lowest BCUT2D eigenvalue weighted by Crippen LogP contribution is -2.32. The predicted octanol–water partition coefficient (Wildman–Crippen LogP) is 2.71. The normalized spacial score (nSPS) is 9.76. The number of H-pyrrole nitrogens is 1. The van der Waals surface area contributed by atoms with E-state index in [9.17, 15) is 9.59 Å². The highest BCUT2D eigenvalue weighted by atomic mass is 16.2. The summed E-state index contributed by atoms with van der Waals surface area (Å²) in [6.45, 7) is 8.15. The first-order valence-corrected chi connectivity index (χ1v) is 7.18. The van der Waals surface area contributed by atoms with Gasteiger partial charge in [0.1, 0.15) is 5.82 Å². The molecule has 2 aromatic rings. The number of hydrogen-bond acceptors (Lipinski definition) is 3. The van der Waals surface area contributed by atoms with Crippen LogP contribution in [0.15, 0.2) is 33.9 Å². The number of aryl methyl sites for hydroxylation is 2. The Morgan fingerprint density at radius 3 is 2.43 bits per heavy atom. The van der Waals surface area contributed by atoms with E-state index in [4.69, 9.17) is 0 Å². The molecule has 2 N–H and O–H groups in total. The fraction of sp³-hybridized carbons (Fsp3) is 0.375. The Kier molecular flexibility index (Phi) is 5.96. The van der Waals surface area contributed by atoms with Gasteiger partial charge in [-0.05, 0) is 36.6 Å². The van der Waals surface area contributed by atoms with Crippen LogP contribution in [0.1, 0.15) is 31.9 Å². The zero-order chi connectivity index (χ0) is 16.0. The molecule has 1 aromatic heterocycles. The van der Waals surface area contributed by atoms with Crippen molar-refractivity contribution in [1.82, 2.24) is 9.55 Å². The fourth-order valence-corrected chi connectivity index (χ4v) is 1.91. The third kappa shape index (κ3) is 4.08. The van der Waals surface area contributed by atoms with Crippen molar-refractivity contribution in [3.8, 4) is 0 Å². The van der Waals surface area contributed by atoms with Gasteiger partial charge < -0.3 is 5.32 Å². The molecule has 0 spiro atoms. The highest BCUT2D eigenvalue weighted by Crippen LogP contribution is 2.18. The summed E-state index contributed by atoms with van der Waals surface area (Å²) in [7, 11) is 1.44. The summed E-state index contributed by atoms with van der Waals surface area (Å²) in [4.78, 5) is 25.6. The molecule has 0 aliphatic carbocycles. The quantitative estimate of drug-likeness (QED) is 0.913. The molecule has 0 aliphatic rings. The minimum atomic E-state index is -0.433. The van der Waals surface area contributed by atoms with E-state index in [0.29, 0.717) is 5.82 Å². The molecule has 0 saturated carbocycles. The second kappa shape index (κ2) is 7.47. The topological polar surface area (TPSA) is 66.9 Å². The van der Waals surface area contributed by atoms with Crippen molar-refractivity contribution in [2.75, 3.05) is 5.32 Å². The molecular weight excluding hydrogens is 266 g/mol. The van der Waals surface area contributed by atoms with Gasteiger partial charge in [0.2, 0.25) is 0 Å². The van der Waals surface area contributed by atoms with Crippen molar-refractivity contribution < 1.29 is 0 Å². The molecule has 0 bridgehead atoms. The number of benzene rings is 1. The first-order chi connectivity index (χ1) is 10.0. The minimum Gasteiger partial charge on any atom is -0.342 e. The van der Waals surface area contributed by atoms with E-state index in [2.05, 4.69) is 24.1 Å². The van der Waals surface area contributed by atoms with E-state index in [1.54, 1.807) is 0 Å². The lowest BCUT2D eigenvalue weighted by Gasteiger charge is -2.09. The third-order valence-corrected chi connectivity index (χ3v) is 3.15. The largest absolute Gasteiger partial charge is 0.342 e. The summed E-state index contributed by atoms with van der Waals surface area (Å²) in [6, 6.07) is 7.32. The van der Waals surface area contributed by atoms with Gasteiger partial charge in [0.05, 0.1) is 0 Å². The SMILES string of the molecule is CC.CCc1cc(Nc2cc(=O)n(C)c(=O)[nH]2)ccc1C. The van der Waals surface area contributed by atoms with Crippen LogP contribution in [-0.4, -0.2) is 9.55 Å². The van der Waals surface area contributed by atoms with Crippen LogP contribution < -0.4 is 16.6 Å². The molecule has 1 heterocycles. The van der Waals surface area contributed by atoms with Gasteiger partial charge in [0.25, 0.3) is 5.56 Å². The van der Waals surface area contributed by atoms with E-state index in [-0.39, 0.29) is 5.56 Å². The summed E-state index contributed by atoms with van der Waals surface area (Å²) in [5.74, 6) is 0.402. The van der Waals surface area contributed by atoms with Crippen LogP contribution in [0.3, 0.4) is 0 Å².